The molecule has 2 aromatic rings. The topological polar surface area (TPSA) is 69.8 Å². The smallest absolute Gasteiger partial charge is 0.255 e. The number of nitrogens with zero attached hydrogens (tertiary/aromatic N) is 1. The van der Waals surface area contributed by atoms with Crippen LogP contribution in [-0.2, 0) is 0 Å². The van der Waals surface area contributed by atoms with Gasteiger partial charge in [0.15, 0.2) is 0 Å². The van der Waals surface area contributed by atoms with E-state index in [2.05, 4.69) is 26.9 Å². The summed E-state index contributed by atoms with van der Waals surface area (Å²) in [6.45, 7) is 2.38. The van der Waals surface area contributed by atoms with E-state index >= 15 is 0 Å². The van der Waals surface area contributed by atoms with Crippen molar-refractivity contribution in [3.8, 4) is 11.3 Å². The zero-order valence-electron chi connectivity index (χ0n) is 12.0. The average molecular weight is 317 g/mol. The number of rotatable bonds is 4. The largest absolute Gasteiger partial charge is 0.348 e. The van der Waals surface area contributed by atoms with Gasteiger partial charge in [-0.05, 0) is 19.0 Å². The molecule has 6 heteroatoms. The number of amides is 1. The lowest BCUT2D eigenvalue weighted by Gasteiger charge is -2.14. The summed E-state index contributed by atoms with van der Waals surface area (Å²) in [5, 5.41) is 13.6. The minimum atomic E-state index is -0.150. The van der Waals surface area contributed by atoms with Crippen LogP contribution in [0.5, 0.6) is 0 Å². The highest BCUT2D eigenvalue weighted by atomic mass is 35.5. The van der Waals surface area contributed by atoms with Crippen LogP contribution in [0.4, 0.5) is 0 Å². The van der Waals surface area contributed by atoms with Crippen molar-refractivity contribution in [2.24, 2.45) is 0 Å². The standard InChI is InChI=1S/C16H17ClN4O/c17-14-4-2-1-3-12(14)15-13(10-20-21-15)16(22)19-9-11-5-7-18-8-6-11/h1-5,10,18H,6-9H2,(H,19,22)(H,20,21). The van der Waals surface area contributed by atoms with Gasteiger partial charge >= 0.3 is 0 Å². The van der Waals surface area contributed by atoms with E-state index in [1.54, 1.807) is 6.07 Å². The molecule has 1 amide bonds. The van der Waals surface area contributed by atoms with E-state index in [0.717, 1.165) is 25.1 Å². The van der Waals surface area contributed by atoms with Gasteiger partial charge in [-0.2, -0.15) is 5.10 Å². The third kappa shape index (κ3) is 3.21. The first-order valence-corrected chi connectivity index (χ1v) is 7.58. The molecule has 3 rings (SSSR count). The second kappa shape index (κ2) is 6.77. The molecule has 3 N–H and O–H groups in total. The SMILES string of the molecule is O=C(NCC1=CCNCC1)c1cn[nH]c1-c1ccccc1Cl. The Balaban J connectivity index is 1.75. The molecule has 0 fully saturated rings. The number of hydrogen-bond donors (Lipinski definition) is 3. The molecule has 22 heavy (non-hydrogen) atoms. The number of H-pyrrole nitrogens is 1. The van der Waals surface area contributed by atoms with Gasteiger partial charge in [-0.25, -0.2) is 0 Å². The Morgan fingerprint density at radius 3 is 3.00 bits per heavy atom. The summed E-state index contributed by atoms with van der Waals surface area (Å²) >= 11 is 6.20. The van der Waals surface area contributed by atoms with Crippen molar-refractivity contribution in [2.75, 3.05) is 19.6 Å². The van der Waals surface area contributed by atoms with Gasteiger partial charge < -0.3 is 10.6 Å². The number of benzene rings is 1. The number of carbonyl (C=O) groups excluding carboxylic acids is 1. The lowest BCUT2D eigenvalue weighted by atomic mass is 10.1. The maximum absolute atomic E-state index is 12.4. The van der Waals surface area contributed by atoms with Crippen LogP contribution < -0.4 is 10.6 Å². The minimum absolute atomic E-state index is 0.150. The molecule has 2 heterocycles. The molecule has 1 aliphatic rings. The number of hydrogen-bond acceptors (Lipinski definition) is 3. The zero-order chi connectivity index (χ0) is 15.4. The summed E-state index contributed by atoms with van der Waals surface area (Å²) in [6, 6.07) is 7.39. The Kier molecular flexibility index (Phi) is 4.56. The predicted molar refractivity (Wildman–Crippen MR) is 86.9 cm³/mol. The summed E-state index contributed by atoms with van der Waals surface area (Å²) in [6.07, 6.45) is 4.61. The van der Waals surface area contributed by atoms with Gasteiger partial charge in [-0.15, -0.1) is 0 Å². The Labute approximate surface area is 133 Å². The fourth-order valence-corrected chi connectivity index (χ4v) is 2.68. The van der Waals surface area contributed by atoms with Gasteiger partial charge in [0.1, 0.15) is 0 Å². The maximum Gasteiger partial charge on any atom is 0.255 e. The minimum Gasteiger partial charge on any atom is -0.348 e. The molecule has 1 aliphatic heterocycles. The van der Waals surface area contributed by atoms with E-state index < -0.39 is 0 Å². The predicted octanol–water partition coefficient (Wildman–Crippen LogP) is 2.38. The second-order valence-electron chi connectivity index (χ2n) is 5.14. The Bertz CT molecular complexity index is 708. The van der Waals surface area contributed by atoms with Crippen molar-refractivity contribution in [3.05, 3.63) is 52.7 Å². The highest BCUT2D eigenvalue weighted by Gasteiger charge is 2.17. The molecule has 0 saturated carbocycles. The van der Waals surface area contributed by atoms with E-state index in [0.29, 0.717) is 22.8 Å². The molecule has 0 atom stereocenters. The van der Waals surface area contributed by atoms with E-state index in [1.807, 2.05) is 18.2 Å². The van der Waals surface area contributed by atoms with E-state index in [9.17, 15) is 4.79 Å². The zero-order valence-corrected chi connectivity index (χ0v) is 12.8. The molecule has 5 nitrogen and oxygen atoms in total. The average Bonchev–Trinajstić information content (AvgIpc) is 3.03. The molecule has 0 spiro atoms. The second-order valence-corrected chi connectivity index (χ2v) is 5.54. The molecule has 1 aromatic carbocycles. The normalized spacial score (nSPS) is 14.5. The molecular formula is C16H17ClN4O. The summed E-state index contributed by atoms with van der Waals surface area (Å²) in [4.78, 5) is 12.4. The number of aromatic nitrogens is 2. The Morgan fingerprint density at radius 2 is 2.23 bits per heavy atom. The lowest BCUT2D eigenvalue weighted by molar-refractivity contribution is 0.0957. The van der Waals surface area contributed by atoms with Gasteiger partial charge in [0.2, 0.25) is 0 Å². The van der Waals surface area contributed by atoms with Crippen LogP contribution >= 0.6 is 11.6 Å². The van der Waals surface area contributed by atoms with Crippen LogP contribution in [0.25, 0.3) is 11.3 Å². The first-order chi connectivity index (χ1) is 10.8. The van der Waals surface area contributed by atoms with Crippen molar-refractivity contribution in [1.82, 2.24) is 20.8 Å². The molecule has 114 valence electrons. The molecule has 0 aliphatic carbocycles. The first kappa shape index (κ1) is 14.8. The molecule has 0 saturated heterocycles. The van der Waals surface area contributed by atoms with Crippen molar-refractivity contribution in [1.29, 1.82) is 0 Å². The van der Waals surface area contributed by atoms with Crippen LogP contribution in [-0.4, -0.2) is 35.7 Å². The summed E-state index contributed by atoms with van der Waals surface area (Å²) in [7, 11) is 0. The molecular weight excluding hydrogens is 300 g/mol. The maximum atomic E-state index is 12.4. The van der Waals surface area contributed by atoms with Gasteiger partial charge in [0, 0.05) is 23.7 Å². The van der Waals surface area contributed by atoms with Crippen LogP contribution in [0, 0.1) is 0 Å². The van der Waals surface area contributed by atoms with Crippen LogP contribution in [0.1, 0.15) is 16.8 Å². The number of nitrogens with one attached hydrogen (secondary N) is 3. The number of halogens is 1. The summed E-state index contributed by atoms with van der Waals surface area (Å²) < 4.78 is 0. The number of aromatic amines is 1. The highest BCUT2D eigenvalue weighted by Crippen LogP contribution is 2.28. The van der Waals surface area contributed by atoms with E-state index in [-0.39, 0.29) is 5.91 Å². The fourth-order valence-electron chi connectivity index (χ4n) is 2.45. The Morgan fingerprint density at radius 1 is 1.36 bits per heavy atom. The van der Waals surface area contributed by atoms with Crippen molar-refractivity contribution in [3.63, 3.8) is 0 Å². The monoisotopic (exact) mass is 316 g/mol. The van der Waals surface area contributed by atoms with Crippen LogP contribution in [0.15, 0.2) is 42.1 Å². The molecule has 0 bridgehead atoms. The lowest BCUT2D eigenvalue weighted by Crippen LogP contribution is -2.29. The first-order valence-electron chi connectivity index (χ1n) is 7.21. The number of carbonyl (C=O) groups is 1. The molecule has 0 unspecified atom stereocenters. The van der Waals surface area contributed by atoms with Crippen molar-refractivity contribution < 1.29 is 4.79 Å². The fraction of sp³-hybridized carbons (Fsp3) is 0.250. The highest BCUT2D eigenvalue weighted by molar-refractivity contribution is 6.33. The van der Waals surface area contributed by atoms with Gasteiger partial charge in [0.25, 0.3) is 5.91 Å². The van der Waals surface area contributed by atoms with Crippen LogP contribution in [0.2, 0.25) is 5.02 Å². The quantitative estimate of drug-likeness (QED) is 0.759. The van der Waals surface area contributed by atoms with Gasteiger partial charge in [-0.1, -0.05) is 41.4 Å². The van der Waals surface area contributed by atoms with E-state index in [4.69, 9.17) is 11.6 Å². The van der Waals surface area contributed by atoms with Gasteiger partial charge in [0.05, 0.1) is 17.5 Å². The van der Waals surface area contributed by atoms with Crippen molar-refractivity contribution in [2.45, 2.75) is 6.42 Å². The Hall–Kier alpha value is -2.11. The molecule has 1 aromatic heterocycles. The summed E-state index contributed by atoms with van der Waals surface area (Å²) in [5.41, 5.74) is 3.16. The third-order valence-electron chi connectivity index (χ3n) is 3.66. The summed E-state index contributed by atoms with van der Waals surface area (Å²) in [5.74, 6) is -0.150. The van der Waals surface area contributed by atoms with Crippen LogP contribution in [0.3, 0.4) is 0 Å². The molecule has 0 radical (unpaired) electrons. The third-order valence-corrected chi connectivity index (χ3v) is 3.99. The van der Waals surface area contributed by atoms with Crippen molar-refractivity contribution >= 4 is 17.5 Å². The van der Waals surface area contributed by atoms with Gasteiger partial charge in [-0.3, -0.25) is 9.89 Å². The van der Waals surface area contributed by atoms with E-state index in [1.165, 1.54) is 11.8 Å².